The molecule has 0 saturated carbocycles. The molecule has 2 aromatic heterocycles. The number of aryl methyl sites for hydroxylation is 6. The zero-order valence-corrected chi connectivity index (χ0v) is 40.1. The quantitative estimate of drug-likeness (QED) is 0.0980. The molecule has 0 fully saturated rings. The Kier molecular flexibility index (Phi) is 7.93. The summed E-state index contributed by atoms with van der Waals surface area (Å²) in [6.45, 7) is 13.3. The van der Waals surface area contributed by atoms with Gasteiger partial charge in [0, 0.05) is 56.1 Å². The molecular weight excluding hydrogens is 850 g/mol. The van der Waals surface area contributed by atoms with E-state index in [9.17, 15) is 0 Å². The average Bonchev–Trinajstić information content (AvgIpc) is 4.00. The van der Waals surface area contributed by atoms with Gasteiger partial charge < -0.3 is 13.9 Å². The number of benzene rings is 9. The Morgan fingerprint density at radius 1 is 0.443 bits per heavy atom. The van der Waals surface area contributed by atoms with Gasteiger partial charge in [-0.2, -0.15) is 0 Å². The van der Waals surface area contributed by atoms with Crippen molar-refractivity contribution in [2.45, 2.75) is 41.5 Å². The Morgan fingerprint density at radius 2 is 1.06 bits per heavy atom. The fraction of sp³-hybridized carbons (Fsp3) is 0.0938. The predicted molar refractivity (Wildman–Crippen MR) is 295 cm³/mol. The number of aromatic nitrogens is 4. The smallest absolute Gasteiger partial charge is 0.332 e. The minimum Gasteiger partial charge on any atom is -0.382 e. The van der Waals surface area contributed by atoms with Crippen molar-refractivity contribution in [2.75, 3.05) is 4.90 Å². The Bertz CT molecular complexity index is 4320. The lowest BCUT2D eigenvalue weighted by atomic mass is 9.44. The van der Waals surface area contributed by atoms with Crippen LogP contribution < -0.4 is 15.8 Å². The molecule has 6 heteroatoms. The second kappa shape index (κ2) is 14.1. The normalized spacial score (nSPS) is 12.9. The number of rotatable bonds is 4. The van der Waals surface area contributed by atoms with Gasteiger partial charge in [-0.25, -0.2) is 4.68 Å². The summed E-state index contributed by atoms with van der Waals surface area (Å²) in [6, 6.07) is 64.6. The van der Waals surface area contributed by atoms with Crippen LogP contribution in [0, 0.1) is 41.5 Å². The average molecular weight is 898 g/mol. The summed E-state index contributed by atoms with van der Waals surface area (Å²) < 4.78 is 10.2. The van der Waals surface area contributed by atoms with Gasteiger partial charge in [0.1, 0.15) is 0 Å². The van der Waals surface area contributed by atoms with Gasteiger partial charge in [0.05, 0.1) is 33.4 Å². The van der Waals surface area contributed by atoms with Gasteiger partial charge in [-0.1, -0.05) is 126 Å². The Hall–Kier alpha value is -8.48. The summed E-state index contributed by atoms with van der Waals surface area (Å²) in [5.41, 5.74) is 29.7. The highest BCUT2D eigenvalue weighted by molar-refractivity contribution is 6.90. The maximum absolute atomic E-state index is 2.63. The number of nitrogens with zero attached hydrogens (tertiary/aromatic N) is 5. The molecule has 0 amide bonds. The SMILES string of the molecule is Cc1cc(C)c(-c2ccc3c(c2)N(c2ccccc2)c2c4c(c5c6c2c2cccc7ccn(c72)n-6c2ccc(-c6c(C)cc(C)cc6C)cc2n5-c2ccccc2)-c2cccc5ccn(c25)B34)c(C)c1. The van der Waals surface area contributed by atoms with Crippen molar-refractivity contribution in [3.63, 3.8) is 0 Å². The zero-order chi connectivity index (χ0) is 46.8. The van der Waals surface area contributed by atoms with Crippen LogP contribution in [0.15, 0.2) is 182 Å². The molecule has 332 valence electrons. The second-order valence-corrected chi connectivity index (χ2v) is 20.2. The zero-order valence-electron chi connectivity index (χ0n) is 40.1. The molecule has 0 N–H and O–H groups in total. The van der Waals surface area contributed by atoms with Crippen LogP contribution in [0.1, 0.15) is 33.4 Å². The number of hydrogen-bond acceptors (Lipinski definition) is 1. The standard InChI is InChI=1S/C64H48BN5/c1-37-31-39(3)55(40(4)32-37)45-23-25-51-53(35-45)68(47-17-9-7-10-18-47)62-58-50-22-14-16-44-28-30-67(61(44)50)70-52-26-24-46(56-41(5)33-38(2)34-42(56)6)36-54(52)69(48-19-11-8-12-20-48)63(64(58)70)57-49-21-13-15-43-27-29-66(60(43)49)65(51)59(57)62/h7-36H,1-6H3. The van der Waals surface area contributed by atoms with Gasteiger partial charge in [0.2, 0.25) is 0 Å². The Labute approximate surface area is 407 Å². The van der Waals surface area contributed by atoms with Gasteiger partial charge in [0.25, 0.3) is 0 Å². The van der Waals surface area contributed by atoms with Crippen LogP contribution in [0.2, 0.25) is 0 Å². The van der Waals surface area contributed by atoms with Crippen molar-refractivity contribution < 1.29 is 0 Å². The molecule has 5 nitrogen and oxygen atoms in total. The molecule has 0 spiro atoms. The topological polar surface area (TPSA) is 22.4 Å². The van der Waals surface area contributed by atoms with Crippen LogP contribution in [-0.2, 0) is 0 Å². The van der Waals surface area contributed by atoms with Crippen molar-refractivity contribution in [3.05, 3.63) is 216 Å². The van der Waals surface area contributed by atoms with Crippen molar-refractivity contribution in [1.82, 2.24) is 18.2 Å². The van der Waals surface area contributed by atoms with Gasteiger partial charge in [-0.3, -0.25) is 4.52 Å². The first kappa shape index (κ1) is 39.5. The van der Waals surface area contributed by atoms with Crippen molar-refractivity contribution >= 4 is 84.0 Å². The molecule has 6 heterocycles. The van der Waals surface area contributed by atoms with E-state index in [1.807, 2.05) is 0 Å². The van der Waals surface area contributed by atoms with Gasteiger partial charge >= 0.3 is 6.85 Å². The molecule has 0 aliphatic carbocycles. The van der Waals surface area contributed by atoms with Crippen LogP contribution in [-0.4, -0.2) is 25.1 Å². The van der Waals surface area contributed by atoms with Gasteiger partial charge in [-0.15, -0.1) is 0 Å². The molecule has 0 radical (unpaired) electrons. The molecule has 0 atom stereocenters. The molecule has 4 aliphatic rings. The van der Waals surface area contributed by atoms with E-state index in [4.69, 9.17) is 0 Å². The van der Waals surface area contributed by atoms with E-state index in [0.717, 1.165) is 22.4 Å². The van der Waals surface area contributed by atoms with E-state index in [2.05, 4.69) is 247 Å². The van der Waals surface area contributed by atoms with E-state index in [0.29, 0.717) is 0 Å². The number of para-hydroxylation sites is 4. The van der Waals surface area contributed by atoms with Crippen LogP contribution in [0.4, 0.5) is 17.1 Å². The number of fused-ring (bicyclic) bond motifs is 10. The Morgan fingerprint density at radius 3 is 1.76 bits per heavy atom. The van der Waals surface area contributed by atoms with Crippen LogP contribution in [0.5, 0.6) is 0 Å². The van der Waals surface area contributed by atoms with E-state index in [1.54, 1.807) is 0 Å². The number of anilines is 3. The third-order valence-electron chi connectivity index (χ3n) is 15.8. The fourth-order valence-corrected chi connectivity index (χ4v) is 13.5. The minimum absolute atomic E-state index is 0.118. The third kappa shape index (κ3) is 5.12. The largest absolute Gasteiger partial charge is 0.382 e. The highest BCUT2D eigenvalue weighted by Gasteiger charge is 2.46. The molecule has 70 heavy (non-hydrogen) atoms. The molecule has 15 rings (SSSR count). The maximum Gasteiger partial charge on any atom is 0.332 e. The highest BCUT2D eigenvalue weighted by atomic mass is 15.4. The van der Waals surface area contributed by atoms with E-state index < -0.39 is 0 Å². The number of hydrogen-bond donors (Lipinski definition) is 0. The van der Waals surface area contributed by atoms with Crippen molar-refractivity contribution in [3.8, 4) is 44.8 Å². The highest BCUT2D eigenvalue weighted by Crippen LogP contribution is 2.53. The van der Waals surface area contributed by atoms with Gasteiger partial charge in [-0.05, 0) is 163 Å². The first-order valence-electron chi connectivity index (χ1n) is 24.6. The Balaban J connectivity index is 1.22. The monoisotopic (exact) mass is 897 g/mol. The van der Waals surface area contributed by atoms with Crippen LogP contribution in [0.3, 0.4) is 0 Å². The van der Waals surface area contributed by atoms with E-state index in [-0.39, 0.29) is 6.85 Å². The molecule has 0 saturated heterocycles. The third-order valence-corrected chi connectivity index (χ3v) is 15.8. The molecule has 11 aromatic rings. The summed E-state index contributed by atoms with van der Waals surface area (Å²) >= 11 is 0. The molecule has 0 unspecified atom stereocenters. The molecule has 4 aliphatic heterocycles. The molecule has 9 aromatic carbocycles. The second-order valence-electron chi connectivity index (χ2n) is 20.2. The fourth-order valence-electron chi connectivity index (χ4n) is 13.5. The predicted octanol–water partition coefficient (Wildman–Crippen LogP) is 15.0. The van der Waals surface area contributed by atoms with E-state index >= 15 is 0 Å². The summed E-state index contributed by atoms with van der Waals surface area (Å²) in [5.74, 6) is 0. The van der Waals surface area contributed by atoms with Crippen LogP contribution >= 0.6 is 0 Å². The van der Waals surface area contributed by atoms with Gasteiger partial charge in [0.15, 0.2) is 0 Å². The first-order chi connectivity index (χ1) is 34.2. The lowest BCUT2D eigenvalue weighted by Crippen LogP contribution is -2.57. The minimum atomic E-state index is -0.118. The van der Waals surface area contributed by atoms with Crippen LogP contribution in [0.25, 0.3) is 93.9 Å². The lowest BCUT2D eigenvalue weighted by Gasteiger charge is -2.43. The van der Waals surface area contributed by atoms with Crippen molar-refractivity contribution in [2.24, 2.45) is 0 Å². The molecular formula is C64H48BN5. The first-order valence-corrected chi connectivity index (χ1v) is 24.6. The van der Waals surface area contributed by atoms with E-state index in [1.165, 1.54) is 133 Å². The molecule has 0 bridgehead atoms. The lowest BCUT2D eigenvalue weighted by molar-refractivity contribution is 0.814. The summed E-state index contributed by atoms with van der Waals surface area (Å²) in [4.78, 5) is 2.63. The summed E-state index contributed by atoms with van der Waals surface area (Å²) in [7, 11) is 0. The summed E-state index contributed by atoms with van der Waals surface area (Å²) in [5, 5.41) is 4.93. The summed E-state index contributed by atoms with van der Waals surface area (Å²) in [6.07, 6.45) is 4.63. The van der Waals surface area contributed by atoms with Crippen molar-refractivity contribution in [1.29, 1.82) is 0 Å². The maximum atomic E-state index is 2.63.